The molecule has 0 heterocycles. The largest absolute Gasteiger partial charge is 0.505 e. The van der Waals surface area contributed by atoms with Crippen LogP contribution in [-0.2, 0) is 23.1 Å². The van der Waals surface area contributed by atoms with Gasteiger partial charge in [0, 0.05) is 28.7 Å². The Labute approximate surface area is 282 Å². The maximum atomic E-state index is 14.2. The molecule has 0 aromatic heterocycles. The second-order valence-electron chi connectivity index (χ2n) is 10.2. The summed E-state index contributed by atoms with van der Waals surface area (Å²) in [6.07, 6.45) is 0. The number of halogens is 4. The van der Waals surface area contributed by atoms with Gasteiger partial charge in [0.15, 0.2) is 5.75 Å². The second-order valence-corrected chi connectivity index (χ2v) is 13.8. The number of hydrogen-bond donors (Lipinski definition) is 1. The van der Waals surface area contributed by atoms with Crippen LogP contribution in [-0.4, -0.2) is 24.9 Å². The monoisotopic (exact) mass is 701 g/mol. The van der Waals surface area contributed by atoms with Crippen LogP contribution in [0.2, 0.25) is 20.1 Å². The molecule has 6 nitrogen and oxygen atoms in total. The van der Waals surface area contributed by atoms with E-state index in [1.807, 2.05) is 43.3 Å². The molecule has 0 aliphatic rings. The highest BCUT2D eigenvalue weighted by Gasteiger charge is 2.30. The molecule has 0 amide bonds. The van der Waals surface area contributed by atoms with Gasteiger partial charge in [-0.15, -0.1) is 0 Å². The van der Waals surface area contributed by atoms with Crippen molar-refractivity contribution in [2.45, 2.75) is 24.9 Å². The van der Waals surface area contributed by atoms with Crippen molar-refractivity contribution in [3.05, 3.63) is 134 Å². The molecule has 11 heteroatoms. The third-order valence-electron chi connectivity index (χ3n) is 6.97. The van der Waals surface area contributed by atoms with E-state index in [1.165, 1.54) is 23.5 Å². The Balaban J connectivity index is 1.53. The smallest absolute Gasteiger partial charge is 0.247 e. The van der Waals surface area contributed by atoms with E-state index < -0.39 is 20.7 Å². The second kappa shape index (κ2) is 13.9. The first-order chi connectivity index (χ1) is 21.4. The van der Waals surface area contributed by atoms with E-state index in [9.17, 15) is 13.5 Å². The predicted octanol–water partition coefficient (Wildman–Crippen LogP) is 10.2. The standard InChI is InChI=1S/C34H27Cl4NO5S/c1-21-3-11-27(12-4-21)44-28-13-5-22(6-14-28)19-39(45(41,42)32-18-26(36)17-30(37)33(32)40)20-23-15-29(34(43-2)31(38)16-23)24-7-9-25(35)10-8-24/h3-18,40H,19-20H2,1-2H3. The van der Waals surface area contributed by atoms with Crippen molar-refractivity contribution in [1.82, 2.24) is 4.31 Å². The molecule has 5 aromatic rings. The minimum Gasteiger partial charge on any atom is -0.505 e. The summed E-state index contributed by atoms with van der Waals surface area (Å²) in [5.41, 5.74) is 3.78. The lowest BCUT2D eigenvalue weighted by Gasteiger charge is -2.24. The van der Waals surface area contributed by atoms with E-state index in [4.69, 9.17) is 55.9 Å². The normalized spacial score (nSPS) is 11.5. The molecule has 0 saturated carbocycles. The van der Waals surface area contributed by atoms with E-state index in [1.54, 1.807) is 48.5 Å². The number of rotatable bonds is 10. The Hall–Kier alpha value is -3.43. The molecule has 0 fully saturated rings. The third kappa shape index (κ3) is 7.69. The third-order valence-corrected chi connectivity index (χ3v) is 9.82. The highest BCUT2D eigenvalue weighted by Crippen LogP contribution is 2.40. The van der Waals surface area contributed by atoms with Crippen molar-refractivity contribution in [3.8, 4) is 34.1 Å². The minimum atomic E-state index is -4.36. The highest BCUT2D eigenvalue weighted by molar-refractivity contribution is 7.89. The summed E-state index contributed by atoms with van der Waals surface area (Å²) in [4.78, 5) is -0.420. The van der Waals surface area contributed by atoms with Crippen LogP contribution in [0.4, 0.5) is 0 Å². The first-order valence-corrected chi connectivity index (χ1v) is 16.5. The van der Waals surface area contributed by atoms with Crippen LogP contribution in [0.5, 0.6) is 23.0 Å². The molecule has 1 N–H and O–H groups in total. The quantitative estimate of drug-likeness (QED) is 0.157. The zero-order valence-electron chi connectivity index (χ0n) is 24.1. The maximum absolute atomic E-state index is 14.2. The Morgan fingerprint density at radius 2 is 1.31 bits per heavy atom. The summed E-state index contributed by atoms with van der Waals surface area (Å²) in [6, 6.07) is 27.7. The van der Waals surface area contributed by atoms with Gasteiger partial charge in [-0.05, 0) is 84.3 Å². The Kier molecular flexibility index (Phi) is 10.2. The zero-order valence-corrected chi connectivity index (χ0v) is 27.9. The molecule has 0 atom stereocenters. The van der Waals surface area contributed by atoms with Crippen LogP contribution in [0, 0.1) is 6.92 Å². The van der Waals surface area contributed by atoms with Gasteiger partial charge in [0.05, 0.1) is 17.2 Å². The van der Waals surface area contributed by atoms with Crippen LogP contribution in [0.1, 0.15) is 16.7 Å². The van der Waals surface area contributed by atoms with E-state index in [0.717, 1.165) is 11.1 Å². The summed E-state index contributed by atoms with van der Waals surface area (Å²) < 4.78 is 41.0. The number of sulfonamides is 1. The van der Waals surface area contributed by atoms with Crippen LogP contribution in [0.3, 0.4) is 0 Å². The SMILES string of the molecule is COc1c(Cl)cc(CN(Cc2ccc(Oc3ccc(C)cc3)cc2)S(=O)(=O)c2cc(Cl)cc(Cl)c2O)cc1-c1ccc(Cl)cc1. The van der Waals surface area contributed by atoms with Gasteiger partial charge in [-0.1, -0.05) is 88.4 Å². The fraction of sp³-hybridized carbons (Fsp3) is 0.118. The summed E-state index contributed by atoms with van der Waals surface area (Å²) in [6.45, 7) is 1.82. The average molecular weight is 703 g/mol. The van der Waals surface area contributed by atoms with Crippen LogP contribution in [0.25, 0.3) is 11.1 Å². The van der Waals surface area contributed by atoms with Gasteiger partial charge >= 0.3 is 0 Å². The number of aromatic hydroxyl groups is 1. The Bertz CT molecular complexity index is 1930. The van der Waals surface area contributed by atoms with Gasteiger partial charge in [-0.3, -0.25) is 0 Å². The van der Waals surface area contributed by atoms with Gasteiger partial charge in [0.2, 0.25) is 10.0 Å². The van der Waals surface area contributed by atoms with Crippen molar-refractivity contribution in [1.29, 1.82) is 0 Å². The molecule has 5 rings (SSSR count). The molecule has 0 bridgehead atoms. The fourth-order valence-corrected chi connectivity index (χ4v) is 7.31. The average Bonchev–Trinajstić information content (AvgIpc) is 3.00. The number of phenolic OH excluding ortho intramolecular Hbond substituents is 1. The van der Waals surface area contributed by atoms with E-state index >= 15 is 0 Å². The van der Waals surface area contributed by atoms with Crippen molar-refractivity contribution < 1.29 is 23.0 Å². The Morgan fingerprint density at radius 1 is 0.711 bits per heavy atom. The van der Waals surface area contributed by atoms with E-state index in [2.05, 4.69) is 0 Å². The number of benzene rings is 5. The lowest BCUT2D eigenvalue weighted by molar-refractivity contribution is 0.393. The molecule has 0 spiro atoms. The summed E-state index contributed by atoms with van der Waals surface area (Å²) in [5.74, 6) is 1.10. The van der Waals surface area contributed by atoms with Crippen molar-refractivity contribution in [3.63, 3.8) is 0 Å². The van der Waals surface area contributed by atoms with E-state index in [0.29, 0.717) is 44.0 Å². The molecule has 0 aliphatic heterocycles. The summed E-state index contributed by atoms with van der Waals surface area (Å²) >= 11 is 25.0. The number of methoxy groups -OCH3 is 1. The first kappa shape index (κ1) is 32.9. The first-order valence-electron chi connectivity index (χ1n) is 13.6. The molecule has 0 radical (unpaired) electrons. The van der Waals surface area contributed by atoms with E-state index in [-0.39, 0.29) is 23.1 Å². The summed E-state index contributed by atoms with van der Waals surface area (Å²) in [7, 11) is -2.85. The number of ether oxygens (including phenoxy) is 2. The minimum absolute atomic E-state index is 0.0589. The number of phenols is 1. The molecule has 0 aliphatic carbocycles. The number of nitrogens with zero attached hydrogens (tertiary/aromatic N) is 1. The Morgan fingerprint density at radius 3 is 1.93 bits per heavy atom. The van der Waals surface area contributed by atoms with Gasteiger partial charge in [-0.25, -0.2) is 8.42 Å². The topological polar surface area (TPSA) is 76.1 Å². The predicted molar refractivity (Wildman–Crippen MR) is 181 cm³/mol. The van der Waals surface area contributed by atoms with Gasteiger partial charge in [0.1, 0.15) is 22.1 Å². The van der Waals surface area contributed by atoms with Gasteiger partial charge < -0.3 is 14.6 Å². The molecule has 0 unspecified atom stereocenters. The van der Waals surface area contributed by atoms with Gasteiger partial charge in [-0.2, -0.15) is 4.31 Å². The lowest BCUT2D eigenvalue weighted by atomic mass is 10.0. The zero-order chi connectivity index (χ0) is 32.3. The molecule has 5 aromatic carbocycles. The van der Waals surface area contributed by atoms with Crippen LogP contribution < -0.4 is 9.47 Å². The lowest BCUT2D eigenvalue weighted by Crippen LogP contribution is -2.30. The summed E-state index contributed by atoms with van der Waals surface area (Å²) in [5, 5.41) is 11.4. The maximum Gasteiger partial charge on any atom is 0.247 e. The molecular weight excluding hydrogens is 676 g/mol. The highest BCUT2D eigenvalue weighted by atomic mass is 35.5. The number of aryl methyl sites for hydroxylation is 1. The van der Waals surface area contributed by atoms with Crippen molar-refractivity contribution in [2.24, 2.45) is 0 Å². The van der Waals surface area contributed by atoms with Crippen LogP contribution in [0.15, 0.2) is 102 Å². The fourth-order valence-electron chi connectivity index (χ4n) is 4.71. The molecule has 0 saturated heterocycles. The van der Waals surface area contributed by atoms with Crippen molar-refractivity contribution in [2.75, 3.05) is 7.11 Å². The van der Waals surface area contributed by atoms with Gasteiger partial charge in [0.25, 0.3) is 0 Å². The molecule has 232 valence electrons. The molecule has 45 heavy (non-hydrogen) atoms. The van der Waals surface area contributed by atoms with Crippen LogP contribution >= 0.6 is 46.4 Å². The number of hydrogen-bond acceptors (Lipinski definition) is 5. The van der Waals surface area contributed by atoms with Crippen molar-refractivity contribution >= 4 is 56.4 Å². The molecular formula is C34H27Cl4NO5S.